The van der Waals surface area contributed by atoms with Crippen molar-refractivity contribution in [3.8, 4) is 0 Å². The Labute approximate surface area is 201 Å². The number of rotatable bonds is 6. The van der Waals surface area contributed by atoms with Gasteiger partial charge in [0.05, 0.1) is 10.0 Å². The van der Waals surface area contributed by atoms with Crippen LogP contribution >= 0.6 is 59.8 Å². The molecule has 3 rings (SSSR count). The number of halogens is 4. The first-order valence-electron chi connectivity index (χ1n) is 9.40. The predicted octanol–water partition coefficient (Wildman–Crippen LogP) is 7.03. The minimum absolute atomic E-state index is 0. The lowest BCUT2D eigenvalue weighted by Gasteiger charge is -2.25. The van der Waals surface area contributed by atoms with E-state index in [2.05, 4.69) is 72.6 Å². The van der Waals surface area contributed by atoms with Crippen LogP contribution in [-0.4, -0.2) is 37.6 Å². The van der Waals surface area contributed by atoms with Gasteiger partial charge in [-0.2, -0.15) is 0 Å². The van der Waals surface area contributed by atoms with E-state index in [1.54, 1.807) is 11.8 Å². The van der Waals surface area contributed by atoms with Crippen molar-refractivity contribution in [1.82, 2.24) is 10.2 Å². The first-order valence-corrected chi connectivity index (χ1v) is 11.0. The first kappa shape index (κ1) is 26.6. The summed E-state index contributed by atoms with van der Waals surface area (Å²) in [5.74, 6) is 0.468. The van der Waals surface area contributed by atoms with E-state index in [0.29, 0.717) is 16.0 Å². The highest BCUT2D eigenvalue weighted by molar-refractivity contribution is 7.99. The van der Waals surface area contributed by atoms with Crippen molar-refractivity contribution >= 4 is 65.9 Å². The molecule has 7 heteroatoms. The van der Waals surface area contributed by atoms with Crippen molar-refractivity contribution < 1.29 is 0 Å². The quantitative estimate of drug-likeness (QED) is 0.464. The lowest BCUT2D eigenvalue weighted by atomic mass is 10.0. The van der Waals surface area contributed by atoms with Crippen LogP contribution < -0.4 is 5.32 Å². The zero-order valence-electron chi connectivity index (χ0n) is 16.7. The smallest absolute Gasteiger partial charge is 0.0737 e. The molecule has 1 saturated heterocycles. The number of nitrogens with zero attached hydrogens (tertiary/aromatic N) is 1. The third-order valence-corrected chi connectivity index (χ3v) is 6.87. The summed E-state index contributed by atoms with van der Waals surface area (Å²) in [7, 11) is 0. The number of nitrogens with one attached hydrogen (secondary N) is 1. The lowest BCUT2D eigenvalue weighted by molar-refractivity contribution is 0.265. The molecule has 0 atom stereocenters. The summed E-state index contributed by atoms with van der Waals surface area (Å²) in [6, 6.07) is 12.6. The minimum atomic E-state index is 0. The van der Waals surface area contributed by atoms with Gasteiger partial charge in [0.15, 0.2) is 0 Å². The van der Waals surface area contributed by atoms with Crippen molar-refractivity contribution in [1.29, 1.82) is 0 Å². The van der Waals surface area contributed by atoms with E-state index in [9.17, 15) is 0 Å². The van der Waals surface area contributed by atoms with Crippen molar-refractivity contribution in [2.45, 2.75) is 29.6 Å². The van der Waals surface area contributed by atoms with Crippen LogP contribution in [0.4, 0.5) is 0 Å². The van der Waals surface area contributed by atoms with Gasteiger partial charge >= 0.3 is 0 Å². The second-order valence-electron chi connectivity index (χ2n) is 7.03. The first-order chi connectivity index (χ1) is 13.1. The molecule has 0 amide bonds. The highest BCUT2D eigenvalue weighted by Gasteiger charge is 2.13. The second-order valence-corrected chi connectivity index (χ2v) is 8.87. The van der Waals surface area contributed by atoms with Crippen LogP contribution in [0, 0.1) is 0 Å². The predicted molar refractivity (Wildman–Crippen MR) is 134 cm³/mol. The average molecular weight is 494 g/mol. The van der Waals surface area contributed by atoms with Crippen LogP contribution in [0.15, 0.2) is 52.3 Å². The van der Waals surface area contributed by atoms with Gasteiger partial charge in [-0.05, 0) is 29.2 Å². The minimum Gasteiger partial charge on any atom is -0.314 e. The molecule has 2 nitrogen and oxygen atoms in total. The SMILES string of the molecule is CC(C)c1ccccc1Sc1ccc(/C=C/CN2CCNCC2)c(Cl)c1Cl.Cl.Cl. The number of benzene rings is 2. The van der Waals surface area contributed by atoms with Gasteiger partial charge in [-0.3, -0.25) is 4.90 Å². The van der Waals surface area contributed by atoms with E-state index in [1.807, 2.05) is 0 Å². The number of piperazine rings is 1. The summed E-state index contributed by atoms with van der Waals surface area (Å²) in [5.41, 5.74) is 2.30. The summed E-state index contributed by atoms with van der Waals surface area (Å²) >= 11 is 14.9. The summed E-state index contributed by atoms with van der Waals surface area (Å²) in [6.45, 7) is 9.65. The average Bonchev–Trinajstić information content (AvgIpc) is 2.68. The Hall–Kier alpha value is -0.390. The molecule has 1 N–H and O–H groups in total. The molecule has 1 aliphatic rings. The topological polar surface area (TPSA) is 15.3 Å². The largest absolute Gasteiger partial charge is 0.314 e. The molecule has 0 aliphatic carbocycles. The molecule has 1 heterocycles. The summed E-state index contributed by atoms with van der Waals surface area (Å²) in [4.78, 5) is 4.65. The molecular formula is C22H28Cl4N2S. The van der Waals surface area contributed by atoms with Crippen LogP contribution in [0.2, 0.25) is 10.0 Å². The Morgan fingerprint density at radius 3 is 2.38 bits per heavy atom. The van der Waals surface area contributed by atoms with Gasteiger partial charge < -0.3 is 5.32 Å². The van der Waals surface area contributed by atoms with Crippen LogP contribution in [0.25, 0.3) is 6.08 Å². The molecule has 1 fully saturated rings. The Morgan fingerprint density at radius 1 is 1.00 bits per heavy atom. The standard InChI is InChI=1S/C22H26Cl2N2S.2ClH/c1-16(2)18-7-3-4-8-19(18)27-20-10-9-17(21(23)22(20)24)6-5-13-26-14-11-25-12-15-26;;/h3-10,16,25H,11-15H2,1-2H3;2*1H/b6-5+;;. The van der Waals surface area contributed by atoms with Crippen LogP contribution in [0.1, 0.15) is 30.9 Å². The highest BCUT2D eigenvalue weighted by atomic mass is 35.5. The van der Waals surface area contributed by atoms with E-state index in [0.717, 1.165) is 43.2 Å². The molecule has 29 heavy (non-hydrogen) atoms. The Bertz CT molecular complexity index is 805. The highest BCUT2D eigenvalue weighted by Crippen LogP contribution is 2.41. The zero-order chi connectivity index (χ0) is 19.2. The summed E-state index contributed by atoms with van der Waals surface area (Å²) in [5, 5.41) is 4.62. The molecule has 0 bridgehead atoms. The molecule has 0 spiro atoms. The van der Waals surface area contributed by atoms with Gasteiger partial charge in [-0.1, -0.05) is 85.2 Å². The maximum atomic E-state index is 6.60. The van der Waals surface area contributed by atoms with Gasteiger partial charge in [0, 0.05) is 42.5 Å². The van der Waals surface area contributed by atoms with Gasteiger partial charge in [0.25, 0.3) is 0 Å². The molecule has 2 aromatic rings. The fourth-order valence-corrected chi connectivity index (χ4v) is 4.85. The number of hydrogen-bond donors (Lipinski definition) is 1. The van der Waals surface area contributed by atoms with E-state index < -0.39 is 0 Å². The fraction of sp³-hybridized carbons (Fsp3) is 0.364. The van der Waals surface area contributed by atoms with Crippen molar-refractivity contribution in [3.63, 3.8) is 0 Å². The molecular weight excluding hydrogens is 466 g/mol. The molecule has 0 aromatic heterocycles. The van der Waals surface area contributed by atoms with E-state index in [-0.39, 0.29) is 24.8 Å². The normalized spacial score (nSPS) is 14.7. The summed E-state index contributed by atoms with van der Waals surface area (Å²) in [6.07, 6.45) is 4.25. The molecule has 0 unspecified atom stereocenters. The van der Waals surface area contributed by atoms with Crippen LogP contribution in [-0.2, 0) is 0 Å². The van der Waals surface area contributed by atoms with E-state index >= 15 is 0 Å². The van der Waals surface area contributed by atoms with Crippen molar-refractivity contribution in [3.05, 3.63) is 63.6 Å². The Balaban J connectivity index is 0.00000210. The third kappa shape index (κ3) is 7.36. The molecule has 0 saturated carbocycles. The third-order valence-electron chi connectivity index (χ3n) is 4.71. The second kappa shape index (κ2) is 13.1. The zero-order valence-corrected chi connectivity index (χ0v) is 20.6. The van der Waals surface area contributed by atoms with E-state index in [1.165, 1.54) is 10.5 Å². The Morgan fingerprint density at radius 2 is 1.69 bits per heavy atom. The fourth-order valence-electron chi connectivity index (χ4n) is 3.15. The maximum absolute atomic E-state index is 6.60. The van der Waals surface area contributed by atoms with Crippen LogP contribution in [0.5, 0.6) is 0 Å². The van der Waals surface area contributed by atoms with Crippen molar-refractivity contribution in [2.75, 3.05) is 32.7 Å². The van der Waals surface area contributed by atoms with Gasteiger partial charge in [-0.25, -0.2) is 0 Å². The molecule has 160 valence electrons. The number of hydrogen-bond acceptors (Lipinski definition) is 3. The van der Waals surface area contributed by atoms with Crippen LogP contribution in [0.3, 0.4) is 0 Å². The van der Waals surface area contributed by atoms with E-state index in [4.69, 9.17) is 23.2 Å². The molecule has 1 aliphatic heterocycles. The summed E-state index contributed by atoms with van der Waals surface area (Å²) < 4.78 is 0. The maximum Gasteiger partial charge on any atom is 0.0737 e. The lowest BCUT2D eigenvalue weighted by Crippen LogP contribution is -2.43. The monoisotopic (exact) mass is 492 g/mol. The van der Waals surface area contributed by atoms with Gasteiger partial charge in [-0.15, -0.1) is 24.8 Å². The molecule has 0 radical (unpaired) electrons. The molecule has 2 aromatic carbocycles. The van der Waals surface area contributed by atoms with Crippen molar-refractivity contribution in [2.24, 2.45) is 0 Å². The van der Waals surface area contributed by atoms with Gasteiger partial charge in [0.1, 0.15) is 0 Å². The van der Waals surface area contributed by atoms with Gasteiger partial charge in [0.2, 0.25) is 0 Å². The Kier molecular flexibility index (Phi) is 12.0.